The third-order valence-corrected chi connectivity index (χ3v) is 5.93. The van der Waals surface area contributed by atoms with Crippen molar-refractivity contribution in [3.63, 3.8) is 0 Å². The van der Waals surface area contributed by atoms with E-state index in [2.05, 4.69) is 0 Å². The van der Waals surface area contributed by atoms with Crippen LogP contribution in [-0.2, 0) is 14.1 Å². The minimum absolute atomic E-state index is 0.0561. The van der Waals surface area contributed by atoms with E-state index in [-0.39, 0.29) is 23.8 Å². The molecule has 29 heavy (non-hydrogen) atoms. The Hall–Kier alpha value is -3.16. The third kappa shape index (κ3) is 3.28. The Bertz CT molecular complexity index is 1120. The molecule has 3 heterocycles. The summed E-state index contributed by atoms with van der Waals surface area (Å²) < 4.78 is 8.42. The number of nitrogens with zero attached hydrogens (tertiary/aromatic N) is 3. The Morgan fingerprint density at radius 3 is 2.59 bits per heavy atom. The first-order valence-corrected chi connectivity index (χ1v) is 9.69. The van der Waals surface area contributed by atoms with Crippen molar-refractivity contribution in [2.24, 2.45) is 14.1 Å². The molecule has 8 nitrogen and oxygen atoms in total. The Morgan fingerprint density at radius 2 is 1.79 bits per heavy atom. The van der Waals surface area contributed by atoms with Crippen LogP contribution in [0.1, 0.15) is 46.5 Å². The van der Waals surface area contributed by atoms with E-state index in [0.29, 0.717) is 43.7 Å². The van der Waals surface area contributed by atoms with Crippen molar-refractivity contribution in [2.45, 2.75) is 31.3 Å². The number of carbonyl (C=O) groups excluding carboxylic acids is 2. The molecule has 152 valence electrons. The molecule has 2 aliphatic rings. The quantitative estimate of drug-likeness (QED) is 0.719. The van der Waals surface area contributed by atoms with Gasteiger partial charge >= 0.3 is 5.69 Å². The van der Waals surface area contributed by atoms with Crippen LogP contribution in [0, 0.1) is 0 Å². The minimum atomic E-state index is -0.626. The number of hydrogen-bond acceptors (Lipinski definition) is 5. The van der Waals surface area contributed by atoms with E-state index in [1.54, 1.807) is 17.0 Å². The molecular weight excluding hydrogens is 374 g/mol. The Kier molecular flexibility index (Phi) is 4.64. The maximum Gasteiger partial charge on any atom is 0.331 e. The molecule has 8 heteroatoms. The molecule has 0 saturated carbocycles. The summed E-state index contributed by atoms with van der Waals surface area (Å²) in [5.74, 6) is 0.292. The average Bonchev–Trinajstić information content (AvgIpc) is 2.91. The molecule has 1 unspecified atom stereocenters. The SMILES string of the molecule is Cn1c(C(=O)N2CCCC3(CC2)CC(=O)c2ccccc2O3)cc(=O)n(C)c1=O. The van der Waals surface area contributed by atoms with Gasteiger partial charge in [0.15, 0.2) is 5.78 Å². The maximum absolute atomic E-state index is 13.0. The zero-order valence-corrected chi connectivity index (χ0v) is 16.5. The van der Waals surface area contributed by atoms with Crippen molar-refractivity contribution < 1.29 is 14.3 Å². The van der Waals surface area contributed by atoms with Gasteiger partial charge in [0.2, 0.25) is 0 Å². The lowest BCUT2D eigenvalue weighted by atomic mass is 9.84. The number of rotatable bonds is 1. The monoisotopic (exact) mass is 397 g/mol. The predicted octanol–water partition coefficient (Wildman–Crippen LogP) is 1.11. The van der Waals surface area contributed by atoms with Crippen LogP contribution in [0.2, 0.25) is 0 Å². The number of carbonyl (C=O) groups is 2. The van der Waals surface area contributed by atoms with Crippen molar-refractivity contribution in [1.29, 1.82) is 0 Å². The summed E-state index contributed by atoms with van der Waals surface area (Å²) in [4.78, 5) is 51.4. The van der Waals surface area contributed by atoms with Gasteiger partial charge in [-0.25, -0.2) is 4.79 Å². The molecule has 2 aliphatic heterocycles. The highest BCUT2D eigenvalue weighted by molar-refractivity contribution is 6.00. The van der Waals surface area contributed by atoms with Gasteiger partial charge in [-0.2, -0.15) is 0 Å². The number of para-hydroxylation sites is 1. The van der Waals surface area contributed by atoms with Crippen LogP contribution in [0.4, 0.5) is 0 Å². The first-order valence-electron chi connectivity index (χ1n) is 9.69. The molecule has 1 fully saturated rings. The number of likely N-dealkylation sites (tertiary alicyclic amines) is 1. The standard InChI is InChI=1S/C21H23N3O5/c1-22-15(12-18(26)23(2)20(22)28)19(27)24-10-5-8-21(9-11-24)13-16(25)14-6-3-4-7-17(14)29-21/h3-4,6-7,12H,5,8-11,13H2,1-2H3. The van der Waals surface area contributed by atoms with E-state index in [1.807, 2.05) is 12.1 Å². The highest BCUT2D eigenvalue weighted by Gasteiger charge is 2.42. The summed E-state index contributed by atoms with van der Waals surface area (Å²) in [6, 6.07) is 8.43. The van der Waals surface area contributed by atoms with Crippen LogP contribution in [0.5, 0.6) is 5.75 Å². The molecule has 2 aromatic rings. The molecule has 1 aromatic heterocycles. The van der Waals surface area contributed by atoms with Crippen LogP contribution in [-0.4, -0.2) is 44.4 Å². The number of amides is 1. The number of fused-ring (bicyclic) bond motifs is 1. The number of ketones is 1. The Balaban J connectivity index is 1.58. The smallest absolute Gasteiger partial charge is 0.331 e. The van der Waals surface area contributed by atoms with Crippen molar-refractivity contribution in [2.75, 3.05) is 13.1 Å². The Labute approximate surface area is 167 Å². The first-order chi connectivity index (χ1) is 13.8. The summed E-state index contributed by atoms with van der Waals surface area (Å²) in [6.45, 7) is 0.862. The summed E-state index contributed by atoms with van der Waals surface area (Å²) in [5.41, 5.74) is -1.00. The van der Waals surface area contributed by atoms with Crippen LogP contribution >= 0.6 is 0 Å². The molecule has 1 aromatic carbocycles. The largest absolute Gasteiger partial charge is 0.486 e. The predicted molar refractivity (Wildman–Crippen MR) is 105 cm³/mol. The summed E-state index contributed by atoms with van der Waals surface area (Å²) >= 11 is 0. The van der Waals surface area contributed by atoms with E-state index < -0.39 is 16.9 Å². The lowest BCUT2D eigenvalue weighted by Crippen LogP contribution is -2.44. The molecule has 0 N–H and O–H groups in total. The van der Waals surface area contributed by atoms with E-state index in [0.717, 1.165) is 4.57 Å². The number of hydrogen-bond donors (Lipinski definition) is 0. The van der Waals surface area contributed by atoms with E-state index >= 15 is 0 Å². The van der Waals surface area contributed by atoms with E-state index in [1.165, 1.54) is 24.7 Å². The number of Topliss-reactive ketones (excluding diaryl/α,β-unsaturated/α-hetero) is 1. The van der Waals surface area contributed by atoms with Crippen LogP contribution in [0.3, 0.4) is 0 Å². The molecule has 1 saturated heterocycles. The second-order valence-corrected chi connectivity index (χ2v) is 7.80. The van der Waals surface area contributed by atoms with E-state index in [9.17, 15) is 19.2 Å². The minimum Gasteiger partial charge on any atom is -0.486 e. The van der Waals surface area contributed by atoms with Crippen molar-refractivity contribution in [3.8, 4) is 5.75 Å². The van der Waals surface area contributed by atoms with Gasteiger partial charge in [0, 0.05) is 39.7 Å². The second kappa shape index (κ2) is 7.02. The fraction of sp³-hybridized carbons (Fsp3) is 0.429. The van der Waals surface area contributed by atoms with Crippen molar-refractivity contribution in [1.82, 2.24) is 14.0 Å². The molecule has 0 bridgehead atoms. The number of aromatic nitrogens is 2. The van der Waals surface area contributed by atoms with Crippen molar-refractivity contribution in [3.05, 3.63) is 62.4 Å². The van der Waals surface area contributed by atoms with Crippen LogP contribution in [0.15, 0.2) is 39.9 Å². The average molecular weight is 397 g/mol. The summed E-state index contributed by atoms with van der Waals surface area (Å²) in [7, 11) is 2.86. The number of ether oxygens (including phenoxy) is 1. The van der Waals surface area contributed by atoms with Gasteiger partial charge in [0.1, 0.15) is 17.0 Å². The highest BCUT2D eigenvalue weighted by atomic mass is 16.5. The zero-order chi connectivity index (χ0) is 20.8. The molecule has 0 radical (unpaired) electrons. The third-order valence-electron chi connectivity index (χ3n) is 5.93. The van der Waals surface area contributed by atoms with Crippen LogP contribution < -0.4 is 16.0 Å². The van der Waals surface area contributed by atoms with Gasteiger partial charge in [-0.1, -0.05) is 12.1 Å². The second-order valence-electron chi connectivity index (χ2n) is 7.80. The van der Waals surface area contributed by atoms with E-state index in [4.69, 9.17) is 4.74 Å². The highest BCUT2D eigenvalue weighted by Crippen LogP contribution is 2.39. The summed E-state index contributed by atoms with van der Waals surface area (Å²) in [6.07, 6.45) is 2.13. The molecule has 1 amide bonds. The zero-order valence-electron chi connectivity index (χ0n) is 16.5. The van der Waals surface area contributed by atoms with Gasteiger partial charge in [-0.15, -0.1) is 0 Å². The van der Waals surface area contributed by atoms with Gasteiger partial charge in [-0.3, -0.25) is 23.5 Å². The fourth-order valence-electron chi connectivity index (χ4n) is 4.19. The topological polar surface area (TPSA) is 90.6 Å². The normalized spacial score (nSPS) is 21.4. The van der Waals surface area contributed by atoms with Gasteiger partial charge in [-0.05, 0) is 25.0 Å². The molecule has 0 aliphatic carbocycles. The maximum atomic E-state index is 13.0. The molecule has 1 spiro atoms. The van der Waals surface area contributed by atoms with Gasteiger partial charge in [0.05, 0.1) is 12.0 Å². The Morgan fingerprint density at radius 1 is 1.03 bits per heavy atom. The summed E-state index contributed by atoms with van der Waals surface area (Å²) in [5, 5.41) is 0. The van der Waals surface area contributed by atoms with Crippen LogP contribution in [0.25, 0.3) is 0 Å². The lowest BCUT2D eigenvalue weighted by Gasteiger charge is -2.37. The molecule has 1 atom stereocenters. The van der Waals surface area contributed by atoms with Gasteiger partial charge < -0.3 is 9.64 Å². The van der Waals surface area contributed by atoms with Gasteiger partial charge in [0.25, 0.3) is 11.5 Å². The van der Waals surface area contributed by atoms with Crippen molar-refractivity contribution >= 4 is 11.7 Å². The first kappa shape index (κ1) is 19.2. The fourth-order valence-corrected chi connectivity index (χ4v) is 4.19. The lowest BCUT2D eigenvalue weighted by molar-refractivity contribution is 0.0300. The molecule has 4 rings (SSSR count). The number of benzene rings is 1. The molecular formula is C21H23N3O5.